The van der Waals surface area contributed by atoms with Crippen LogP contribution in [0.25, 0.3) is 0 Å². The van der Waals surface area contributed by atoms with Gasteiger partial charge >= 0.3 is 5.97 Å². The van der Waals surface area contributed by atoms with Gasteiger partial charge in [-0.3, -0.25) is 4.79 Å². The molecule has 0 spiro atoms. The summed E-state index contributed by atoms with van der Waals surface area (Å²) in [6.45, 7) is 0.347. The van der Waals surface area contributed by atoms with Gasteiger partial charge in [0.15, 0.2) is 11.7 Å². The molecule has 1 aliphatic rings. The number of nitrogen functional groups attached to an aromatic ring is 1. The number of carboxylic acid groups (broad SMARTS) is 1. The average Bonchev–Trinajstić information content (AvgIpc) is 2.94. The van der Waals surface area contributed by atoms with E-state index in [-0.39, 0.29) is 11.4 Å². The minimum Gasteiger partial charge on any atom is -0.479 e. The van der Waals surface area contributed by atoms with Crippen LogP contribution in [0, 0.1) is 0 Å². The van der Waals surface area contributed by atoms with Crippen LogP contribution in [-0.4, -0.2) is 33.4 Å². The summed E-state index contributed by atoms with van der Waals surface area (Å²) in [4.78, 5) is 30.5. The minimum absolute atomic E-state index is 0.0995. The Morgan fingerprint density at radius 2 is 2.24 bits per heavy atom. The molecule has 2 aromatic heterocycles. The van der Waals surface area contributed by atoms with Gasteiger partial charge in [-0.2, -0.15) is 0 Å². The average molecular weight is 303 g/mol. The van der Waals surface area contributed by atoms with E-state index in [1.54, 1.807) is 18.2 Å². The number of carbonyl (C=O) groups excluding carboxylic acids is 1. The standard InChI is InChI=1S/C14H13N3O3S/c15-9-2-1-5-16-11(9)13(18)17-6-3-10-8(4-7-21-10)12(17)14(19)20/h1-2,4-5,7,12H,3,6,15H2,(H,19,20). The lowest BCUT2D eigenvalue weighted by Crippen LogP contribution is -2.43. The Morgan fingerprint density at radius 1 is 1.43 bits per heavy atom. The van der Waals surface area contributed by atoms with Gasteiger partial charge in [-0.25, -0.2) is 9.78 Å². The van der Waals surface area contributed by atoms with Crippen LogP contribution in [0.3, 0.4) is 0 Å². The second kappa shape index (κ2) is 5.17. The molecule has 0 aliphatic carbocycles. The largest absolute Gasteiger partial charge is 0.479 e. The van der Waals surface area contributed by atoms with Crippen molar-refractivity contribution in [1.29, 1.82) is 0 Å². The summed E-state index contributed by atoms with van der Waals surface area (Å²) in [5.41, 5.74) is 6.80. The number of fused-ring (bicyclic) bond motifs is 1. The van der Waals surface area contributed by atoms with Crippen LogP contribution < -0.4 is 5.73 Å². The third kappa shape index (κ3) is 2.25. The smallest absolute Gasteiger partial charge is 0.331 e. The van der Waals surface area contributed by atoms with Crippen molar-refractivity contribution in [3.63, 3.8) is 0 Å². The first kappa shape index (κ1) is 13.6. The molecule has 3 rings (SSSR count). The maximum Gasteiger partial charge on any atom is 0.331 e. The van der Waals surface area contributed by atoms with Crippen molar-refractivity contribution in [2.24, 2.45) is 0 Å². The quantitative estimate of drug-likeness (QED) is 0.877. The third-order valence-electron chi connectivity index (χ3n) is 3.50. The topological polar surface area (TPSA) is 96.5 Å². The predicted molar refractivity (Wildman–Crippen MR) is 78.1 cm³/mol. The number of rotatable bonds is 2. The highest BCUT2D eigenvalue weighted by Gasteiger charge is 2.37. The van der Waals surface area contributed by atoms with Crippen molar-refractivity contribution >= 4 is 28.9 Å². The van der Waals surface area contributed by atoms with E-state index >= 15 is 0 Å². The van der Waals surface area contributed by atoms with Crippen molar-refractivity contribution in [2.75, 3.05) is 12.3 Å². The number of aromatic nitrogens is 1. The Morgan fingerprint density at radius 3 is 2.95 bits per heavy atom. The summed E-state index contributed by atoms with van der Waals surface area (Å²) >= 11 is 1.52. The van der Waals surface area contributed by atoms with Gasteiger partial charge < -0.3 is 15.7 Å². The lowest BCUT2D eigenvalue weighted by atomic mass is 9.99. The molecule has 0 radical (unpaired) electrons. The number of hydrogen-bond acceptors (Lipinski definition) is 5. The van der Waals surface area contributed by atoms with E-state index < -0.39 is 17.9 Å². The first-order valence-corrected chi connectivity index (χ1v) is 7.28. The predicted octanol–water partition coefficient (Wildman–Crippen LogP) is 1.55. The lowest BCUT2D eigenvalue weighted by molar-refractivity contribution is -0.142. The van der Waals surface area contributed by atoms with E-state index in [4.69, 9.17) is 5.73 Å². The fraction of sp³-hybridized carbons (Fsp3) is 0.214. The van der Waals surface area contributed by atoms with Crippen molar-refractivity contribution in [3.8, 4) is 0 Å². The van der Waals surface area contributed by atoms with E-state index in [9.17, 15) is 14.7 Å². The number of thiophene rings is 1. The summed E-state index contributed by atoms with van der Waals surface area (Å²) in [6, 6.07) is 4.00. The van der Waals surface area contributed by atoms with Gasteiger partial charge in [0.05, 0.1) is 5.69 Å². The van der Waals surface area contributed by atoms with Gasteiger partial charge in [0.1, 0.15) is 0 Å². The maximum atomic E-state index is 12.6. The van der Waals surface area contributed by atoms with E-state index in [1.807, 2.05) is 5.38 Å². The Labute approximate surface area is 124 Å². The van der Waals surface area contributed by atoms with Gasteiger partial charge in [0, 0.05) is 17.6 Å². The van der Waals surface area contributed by atoms with Crippen LogP contribution in [0.15, 0.2) is 29.8 Å². The molecule has 0 aromatic carbocycles. The van der Waals surface area contributed by atoms with Crippen molar-refractivity contribution in [1.82, 2.24) is 9.88 Å². The van der Waals surface area contributed by atoms with Crippen LogP contribution in [0.1, 0.15) is 27.0 Å². The summed E-state index contributed by atoms with van der Waals surface area (Å²) < 4.78 is 0. The zero-order valence-electron chi connectivity index (χ0n) is 11.0. The van der Waals surface area contributed by atoms with E-state index in [2.05, 4.69) is 4.98 Å². The molecule has 0 saturated carbocycles. The van der Waals surface area contributed by atoms with Crippen LogP contribution in [0.4, 0.5) is 5.69 Å². The fourth-order valence-corrected chi connectivity index (χ4v) is 3.44. The Hall–Kier alpha value is -2.41. The van der Waals surface area contributed by atoms with Gasteiger partial charge in [0.25, 0.3) is 5.91 Å². The van der Waals surface area contributed by atoms with Crippen molar-refractivity contribution < 1.29 is 14.7 Å². The Kier molecular flexibility index (Phi) is 3.34. The molecule has 3 N–H and O–H groups in total. The zero-order chi connectivity index (χ0) is 15.0. The summed E-state index contributed by atoms with van der Waals surface area (Å²) in [5, 5.41) is 11.3. The molecule has 0 fully saturated rings. The molecule has 2 aromatic rings. The summed E-state index contributed by atoms with van der Waals surface area (Å²) in [5.74, 6) is -1.49. The second-order valence-electron chi connectivity index (χ2n) is 4.73. The molecule has 1 unspecified atom stereocenters. The summed E-state index contributed by atoms with van der Waals surface area (Å²) in [7, 11) is 0. The van der Waals surface area contributed by atoms with Crippen LogP contribution >= 0.6 is 11.3 Å². The molecule has 1 amide bonds. The molecule has 7 heteroatoms. The normalized spacial score (nSPS) is 17.3. The monoisotopic (exact) mass is 303 g/mol. The lowest BCUT2D eigenvalue weighted by Gasteiger charge is -2.33. The summed E-state index contributed by atoms with van der Waals surface area (Å²) in [6.07, 6.45) is 2.12. The second-order valence-corrected chi connectivity index (χ2v) is 5.73. The van der Waals surface area contributed by atoms with Crippen LogP contribution in [0.2, 0.25) is 0 Å². The number of anilines is 1. The van der Waals surface area contributed by atoms with Crippen molar-refractivity contribution in [2.45, 2.75) is 12.5 Å². The molecule has 108 valence electrons. The number of carboxylic acids is 1. The first-order chi connectivity index (χ1) is 10.1. The van der Waals surface area contributed by atoms with Gasteiger partial charge in [-0.1, -0.05) is 0 Å². The molecule has 6 nitrogen and oxygen atoms in total. The number of aliphatic carboxylic acids is 1. The highest BCUT2D eigenvalue weighted by Crippen LogP contribution is 2.34. The van der Waals surface area contributed by atoms with Crippen LogP contribution in [-0.2, 0) is 11.2 Å². The molecule has 21 heavy (non-hydrogen) atoms. The Bertz CT molecular complexity index is 713. The molecular formula is C14H13N3O3S. The number of hydrogen-bond donors (Lipinski definition) is 2. The highest BCUT2D eigenvalue weighted by atomic mass is 32.1. The van der Waals surface area contributed by atoms with E-state index in [0.29, 0.717) is 18.5 Å². The molecule has 1 atom stereocenters. The number of nitrogens with zero attached hydrogens (tertiary/aromatic N) is 2. The number of carbonyl (C=O) groups is 2. The van der Waals surface area contributed by atoms with Gasteiger partial charge in [0.2, 0.25) is 0 Å². The number of pyridine rings is 1. The third-order valence-corrected chi connectivity index (χ3v) is 4.50. The van der Waals surface area contributed by atoms with Crippen molar-refractivity contribution in [3.05, 3.63) is 45.9 Å². The molecular weight excluding hydrogens is 290 g/mol. The SMILES string of the molecule is Nc1cccnc1C(=O)N1CCc2sccc2C1C(=O)O. The fourth-order valence-electron chi connectivity index (χ4n) is 2.53. The minimum atomic E-state index is -1.04. The zero-order valence-corrected chi connectivity index (χ0v) is 11.8. The first-order valence-electron chi connectivity index (χ1n) is 6.40. The molecule has 0 saturated heterocycles. The molecule has 0 bridgehead atoms. The Balaban J connectivity index is 2.00. The molecule has 3 heterocycles. The van der Waals surface area contributed by atoms with Crippen LogP contribution in [0.5, 0.6) is 0 Å². The molecule has 1 aliphatic heterocycles. The highest BCUT2D eigenvalue weighted by molar-refractivity contribution is 7.10. The van der Waals surface area contributed by atoms with E-state index in [1.165, 1.54) is 22.4 Å². The van der Waals surface area contributed by atoms with E-state index in [0.717, 1.165) is 4.88 Å². The number of nitrogens with two attached hydrogens (primary N) is 1. The maximum absolute atomic E-state index is 12.6. The van der Waals surface area contributed by atoms with Gasteiger partial charge in [-0.05, 0) is 35.6 Å². The van der Waals surface area contributed by atoms with Gasteiger partial charge in [-0.15, -0.1) is 11.3 Å². The number of amides is 1.